The number of anilines is 2. The van der Waals surface area contributed by atoms with Crippen LogP contribution in [0.1, 0.15) is 38.1 Å². The smallest absolute Gasteiger partial charge is 0.226 e. The Hall–Kier alpha value is -2.17. The summed E-state index contributed by atoms with van der Waals surface area (Å²) in [6.45, 7) is 6.35. The molecule has 0 bridgehead atoms. The summed E-state index contributed by atoms with van der Waals surface area (Å²) >= 11 is 0. The molecule has 0 heterocycles. The van der Waals surface area contributed by atoms with Gasteiger partial charge in [-0.2, -0.15) is 0 Å². The molecule has 0 spiro atoms. The molecule has 5 nitrogen and oxygen atoms in total. The molecule has 5 heteroatoms. The molecule has 0 aliphatic carbocycles. The molecule has 102 valence electrons. The van der Waals surface area contributed by atoms with Gasteiger partial charge < -0.3 is 10.6 Å². The van der Waals surface area contributed by atoms with Crippen molar-refractivity contribution in [3.8, 4) is 0 Å². The third-order valence-electron chi connectivity index (χ3n) is 2.50. The number of ketones is 1. The number of benzene rings is 1. The van der Waals surface area contributed by atoms with Gasteiger partial charge in [0.1, 0.15) is 0 Å². The highest BCUT2D eigenvalue weighted by atomic mass is 16.2. The Labute approximate surface area is 112 Å². The van der Waals surface area contributed by atoms with Crippen LogP contribution in [0.15, 0.2) is 18.2 Å². The number of Topliss-reactive ketones (excluding diaryl/α,β-unsaturated/α-hetero) is 1. The summed E-state index contributed by atoms with van der Waals surface area (Å²) in [5, 5.41) is 5.31. The van der Waals surface area contributed by atoms with E-state index >= 15 is 0 Å². The maximum Gasteiger partial charge on any atom is 0.226 e. The van der Waals surface area contributed by atoms with Crippen LogP contribution in [-0.4, -0.2) is 17.6 Å². The zero-order valence-electron chi connectivity index (χ0n) is 11.5. The van der Waals surface area contributed by atoms with E-state index in [0.717, 1.165) is 0 Å². The first-order valence-electron chi connectivity index (χ1n) is 6.04. The topological polar surface area (TPSA) is 75.3 Å². The molecule has 0 aromatic heterocycles. The van der Waals surface area contributed by atoms with Crippen LogP contribution in [0.2, 0.25) is 0 Å². The van der Waals surface area contributed by atoms with Crippen LogP contribution in [0.3, 0.4) is 0 Å². The van der Waals surface area contributed by atoms with Crippen LogP contribution >= 0.6 is 0 Å². The normalized spacial score (nSPS) is 10.2. The Bertz CT molecular complexity index is 521. The van der Waals surface area contributed by atoms with E-state index in [1.807, 2.05) is 0 Å². The molecule has 0 aliphatic rings. The number of nitrogens with one attached hydrogen (secondary N) is 2. The van der Waals surface area contributed by atoms with Crippen molar-refractivity contribution in [2.45, 2.75) is 27.7 Å². The second-order valence-corrected chi connectivity index (χ2v) is 4.64. The predicted molar refractivity (Wildman–Crippen MR) is 74.2 cm³/mol. The van der Waals surface area contributed by atoms with Crippen LogP contribution in [0.25, 0.3) is 0 Å². The third-order valence-corrected chi connectivity index (χ3v) is 2.50. The highest BCUT2D eigenvalue weighted by molar-refractivity contribution is 6.05. The third kappa shape index (κ3) is 4.21. The van der Waals surface area contributed by atoms with Gasteiger partial charge in [-0.05, 0) is 25.1 Å². The van der Waals surface area contributed by atoms with E-state index in [4.69, 9.17) is 0 Å². The first kappa shape index (κ1) is 14.9. The van der Waals surface area contributed by atoms with E-state index < -0.39 is 0 Å². The van der Waals surface area contributed by atoms with E-state index in [2.05, 4.69) is 10.6 Å². The Morgan fingerprint density at radius 3 is 2.16 bits per heavy atom. The summed E-state index contributed by atoms with van der Waals surface area (Å²) in [6.07, 6.45) is 0. The van der Waals surface area contributed by atoms with Gasteiger partial charge >= 0.3 is 0 Å². The predicted octanol–water partition coefficient (Wildman–Crippen LogP) is 2.44. The summed E-state index contributed by atoms with van der Waals surface area (Å²) < 4.78 is 0. The zero-order valence-corrected chi connectivity index (χ0v) is 11.5. The maximum absolute atomic E-state index is 11.7. The minimum Gasteiger partial charge on any atom is -0.326 e. The van der Waals surface area contributed by atoms with E-state index in [1.165, 1.54) is 13.8 Å². The number of hydrogen-bond acceptors (Lipinski definition) is 3. The molecule has 19 heavy (non-hydrogen) atoms. The van der Waals surface area contributed by atoms with E-state index in [9.17, 15) is 14.4 Å². The van der Waals surface area contributed by atoms with Gasteiger partial charge in [0.25, 0.3) is 0 Å². The Balaban J connectivity index is 3.11. The van der Waals surface area contributed by atoms with Crippen molar-refractivity contribution in [3.05, 3.63) is 23.8 Å². The Morgan fingerprint density at radius 1 is 1.05 bits per heavy atom. The van der Waals surface area contributed by atoms with Gasteiger partial charge in [0.05, 0.1) is 5.69 Å². The van der Waals surface area contributed by atoms with Crippen molar-refractivity contribution in [3.63, 3.8) is 0 Å². The van der Waals surface area contributed by atoms with Gasteiger partial charge in [0.15, 0.2) is 5.78 Å². The van der Waals surface area contributed by atoms with Crippen molar-refractivity contribution in [2.75, 3.05) is 10.6 Å². The SMILES string of the molecule is CC(=O)Nc1ccc(C(C)=O)c(NC(=O)C(C)C)c1. The number of amides is 2. The highest BCUT2D eigenvalue weighted by Gasteiger charge is 2.13. The molecule has 1 aromatic carbocycles. The number of carbonyl (C=O) groups excluding carboxylic acids is 3. The maximum atomic E-state index is 11.7. The van der Waals surface area contributed by atoms with Crippen LogP contribution in [0.4, 0.5) is 11.4 Å². The summed E-state index contributed by atoms with van der Waals surface area (Å²) in [7, 11) is 0. The number of hydrogen-bond donors (Lipinski definition) is 2. The van der Waals surface area contributed by atoms with Gasteiger partial charge in [-0.1, -0.05) is 13.8 Å². The second-order valence-electron chi connectivity index (χ2n) is 4.64. The fourth-order valence-electron chi connectivity index (χ4n) is 1.51. The van der Waals surface area contributed by atoms with Gasteiger partial charge in [-0.3, -0.25) is 14.4 Å². The fraction of sp³-hybridized carbons (Fsp3) is 0.357. The van der Waals surface area contributed by atoms with E-state index in [0.29, 0.717) is 16.9 Å². The molecule has 0 saturated carbocycles. The van der Waals surface area contributed by atoms with E-state index in [1.54, 1.807) is 32.0 Å². The molecule has 2 amide bonds. The van der Waals surface area contributed by atoms with Gasteiger partial charge in [0, 0.05) is 24.1 Å². The standard InChI is InChI=1S/C14H18N2O3/c1-8(2)14(19)16-13-7-11(15-10(4)18)5-6-12(13)9(3)17/h5-8H,1-4H3,(H,15,18)(H,16,19). The van der Waals surface area contributed by atoms with Crippen LogP contribution < -0.4 is 10.6 Å². The summed E-state index contributed by atoms with van der Waals surface area (Å²) in [6, 6.07) is 4.80. The highest BCUT2D eigenvalue weighted by Crippen LogP contribution is 2.22. The van der Waals surface area contributed by atoms with Crippen molar-refractivity contribution >= 4 is 29.0 Å². The zero-order chi connectivity index (χ0) is 14.6. The molecular formula is C14H18N2O3. The Morgan fingerprint density at radius 2 is 1.68 bits per heavy atom. The van der Waals surface area contributed by atoms with Gasteiger partial charge in [-0.15, -0.1) is 0 Å². The quantitative estimate of drug-likeness (QED) is 0.818. The minimum absolute atomic E-state index is 0.145. The second kappa shape index (κ2) is 6.13. The molecule has 2 N–H and O–H groups in total. The summed E-state index contributed by atoms with van der Waals surface area (Å²) in [5.74, 6) is -0.725. The summed E-state index contributed by atoms with van der Waals surface area (Å²) in [5.41, 5.74) is 1.37. The molecule has 0 atom stereocenters. The van der Waals surface area contributed by atoms with Crippen molar-refractivity contribution in [2.24, 2.45) is 5.92 Å². The van der Waals surface area contributed by atoms with Crippen molar-refractivity contribution < 1.29 is 14.4 Å². The monoisotopic (exact) mass is 262 g/mol. The van der Waals surface area contributed by atoms with Crippen LogP contribution in [0, 0.1) is 5.92 Å². The lowest BCUT2D eigenvalue weighted by Crippen LogP contribution is -2.19. The number of rotatable bonds is 4. The van der Waals surface area contributed by atoms with Crippen molar-refractivity contribution in [1.29, 1.82) is 0 Å². The Kier molecular flexibility index (Phi) is 4.80. The summed E-state index contributed by atoms with van der Waals surface area (Å²) in [4.78, 5) is 34.2. The molecule has 0 unspecified atom stereocenters. The molecule has 0 saturated heterocycles. The molecule has 1 rings (SSSR count). The first-order valence-corrected chi connectivity index (χ1v) is 6.04. The van der Waals surface area contributed by atoms with Crippen LogP contribution in [-0.2, 0) is 9.59 Å². The molecular weight excluding hydrogens is 244 g/mol. The van der Waals surface area contributed by atoms with Crippen LogP contribution in [0.5, 0.6) is 0 Å². The molecule has 0 aliphatic heterocycles. The lowest BCUT2D eigenvalue weighted by atomic mass is 10.1. The minimum atomic E-state index is -0.211. The first-order chi connectivity index (χ1) is 8.81. The van der Waals surface area contributed by atoms with E-state index in [-0.39, 0.29) is 23.5 Å². The number of carbonyl (C=O) groups is 3. The lowest BCUT2D eigenvalue weighted by Gasteiger charge is -2.13. The molecule has 1 aromatic rings. The fourth-order valence-corrected chi connectivity index (χ4v) is 1.51. The van der Waals surface area contributed by atoms with Crippen molar-refractivity contribution in [1.82, 2.24) is 0 Å². The van der Waals surface area contributed by atoms with Gasteiger partial charge in [-0.25, -0.2) is 0 Å². The average Bonchev–Trinajstić information content (AvgIpc) is 2.27. The molecule has 0 fully saturated rings. The lowest BCUT2D eigenvalue weighted by molar-refractivity contribution is -0.119. The average molecular weight is 262 g/mol. The largest absolute Gasteiger partial charge is 0.326 e. The molecule has 0 radical (unpaired) electrons. The van der Waals surface area contributed by atoms with Gasteiger partial charge in [0.2, 0.25) is 11.8 Å².